The van der Waals surface area contributed by atoms with Crippen molar-refractivity contribution in [3.8, 4) is 0 Å². The molecule has 6 aromatic rings. The van der Waals surface area contributed by atoms with E-state index >= 15 is 0 Å². The van der Waals surface area contributed by atoms with Crippen molar-refractivity contribution in [1.82, 2.24) is 0 Å². The molecule has 0 radical (unpaired) electrons. The van der Waals surface area contributed by atoms with Crippen molar-refractivity contribution < 1.29 is 0 Å². The quantitative estimate of drug-likeness (QED) is 0.109. The first-order valence-corrected chi connectivity index (χ1v) is 20.6. The molecule has 0 nitrogen and oxygen atoms in total. The fourth-order valence-electron chi connectivity index (χ4n) is 7.59. The minimum atomic E-state index is -2.32. The van der Waals surface area contributed by atoms with Crippen molar-refractivity contribution in [1.29, 1.82) is 0 Å². The fourth-order valence-corrected chi connectivity index (χ4v) is 18.7. The van der Waals surface area contributed by atoms with E-state index in [0.717, 1.165) is 0 Å². The van der Waals surface area contributed by atoms with E-state index in [1.165, 1.54) is 37.1 Å². The van der Waals surface area contributed by atoms with E-state index in [2.05, 4.69) is 230 Å². The van der Waals surface area contributed by atoms with Crippen LogP contribution in [0.2, 0.25) is 0 Å². The summed E-state index contributed by atoms with van der Waals surface area (Å²) in [6.07, 6.45) is 7.64. The Morgan fingerprint density at radius 2 is 0.681 bits per heavy atom. The van der Waals surface area contributed by atoms with E-state index in [0.29, 0.717) is 0 Å². The van der Waals surface area contributed by atoms with Crippen LogP contribution in [0.25, 0.3) is 0 Å². The molecule has 47 heavy (non-hydrogen) atoms. The molecule has 6 aromatic carbocycles. The molecule has 0 heterocycles. The molecule has 1 aliphatic carbocycles. The number of allylic oxidation sites excluding steroid dienone is 4. The number of alkyl halides is 1. The van der Waals surface area contributed by atoms with Crippen molar-refractivity contribution in [2.75, 3.05) is 0 Å². The Hall–Kier alpha value is -3.86. The molecule has 0 spiro atoms. The lowest BCUT2D eigenvalue weighted by Gasteiger charge is -2.49. The van der Waals surface area contributed by atoms with Crippen molar-refractivity contribution in [2.24, 2.45) is 0 Å². The van der Waals surface area contributed by atoms with Gasteiger partial charge in [0.2, 0.25) is 0 Å². The zero-order chi connectivity index (χ0) is 32.4. The normalized spacial score (nSPS) is 19.6. The number of rotatable bonds is 8. The molecular formula is C44H39BrP2+2. The monoisotopic (exact) mass is 708 g/mol. The highest BCUT2D eigenvalue weighted by Crippen LogP contribution is 2.74. The summed E-state index contributed by atoms with van der Waals surface area (Å²) in [7, 11) is -4.60. The Morgan fingerprint density at radius 3 is 0.957 bits per heavy atom. The smallest absolute Gasteiger partial charge is 0.0759 e. The zero-order valence-corrected chi connectivity index (χ0v) is 30.2. The maximum atomic E-state index is 4.51. The molecule has 0 aromatic heterocycles. The van der Waals surface area contributed by atoms with E-state index in [1.807, 2.05) is 0 Å². The third kappa shape index (κ3) is 5.12. The predicted octanol–water partition coefficient (Wildman–Crippen LogP) is 9.34. The Morgan fingerprint density at radius 1 is 0.404 bits per heavy atom. The van der Waals surface area contributed by atoms with Crippen LogP contribution in [0.15, 0.2) is 206 Å². The summed E-state index contributed by atoms with van der Waals surface area (Å²) in [6, 6.07) is 67.3. The molecular weight excluding hydrogens is 670 g/mol. The minimum absolute atomic E-state index is 0.326. The van der Waals surface area contributed by atoms with Crippen molar-refractivity contribution >= 4 is 62.3 Å². The first-order chi connectivity index (χ1) is 22.9. The molecule has 0 N–H and O–H groups in total. The van der Waals surface area contributed by atoms with Crippen LogP contribution in [0.5, 0.6) is 0 Å². The maximum absolute atomic E-state index is 4.51. The maximum Gasteiger partial charge on any atom is 0.144 e. The van der Waals surface area contributed by atoms with E-state index in [9.17, 15) is 0 Å². The highest BCUT2D eigenvalue weighted by atomic mass is 79.9. The molecule has 0 saturated heterocycles. The second-order valence-electron chi connectivity index (χ2n) is 12.5. The zero-order valence-electron chi connectivity index (χ0n) is 26.8. The average molecular weight is 710 g/mol. The molecule has 0 aliphatic heterocycles. The van der Waals surface area contributed by atoms with Crippen LogP contribution in [0, 0.1) is 0 Å². The van der Waals surface area contributed by atoms with E-state index in [-0.39, 0.29) is 5.16 Å². The molecule has 7 rings (SSSR count). The standard InChI is InChI=1S/C44H39BrP2/c1-43(45)35-42(46(36-21-9-3-10-22-36,37-23-11-4-12-24-37)38-25-13-5-14-26-38)33-34-44(43,2)47(39-27-15-6-16-28-39,40-29-17-7-18-30-40)41-31-19-8-20-32-41/h3-35H,1-2H3/q+2. The first-order valence-electron chi connectivity index (χ1n) is 16.2. The largest absolute Gasteiger partial charge is 0.144 e. The van der Waals surface area contributed by atoms with Gasteiger partial charge >= 0.3 is 0 Å². The van der Waals surface area contributed by atoms with Gasteiger partial charge in [0.15, 0.2) is 0 Å². The van der Waals surface area contributed by atoms with Crippen LogP contribution in [-0.4, -0.2) is 9.48 Å². The minimum Gasteiger partial charge on any atom is -0.0759 e. The lowest BCUT2D eigenvalue weighted by molar-refractivity contribution is 0.649. The third-order valence-corrected chi connectivity index (χ3v) is 20.8. The third-order valence-electron chi connectivity index (χ3n) is 9.93. The van der Waals surface area contributed by atoms with Crippen LogP contribution in [0.4, 0.5) is 0 Å². The van der Waals surface area contributed by atoms with Crippen LogP contribution < -0.4 is 31.8 Å². The lowest BCUT2D eigenvalue weighted by Crippen LogP contribution is -2.55. The first kappa shape index (κ1) is 31.7. The number of halogens is 1. The van der Waals surface area contributed by atoms with Gasteiger partial charge < -0.3 is 0 Å². The van der Waals surface area contributed by atoms with Crippen LogP contribution >= 0.6 is 30.5 Å². The van der Waals surface area contributed by atoms with Gasteiger partial charge in [-0.3, -0.25) is 0 Å². The highest BCUT2D eigenvalue weighted by Gasteiger charge is 2.67. The summed E-state index contributed by atoms with van der Waals surface area (Å²) < 4.78 is -0.414. The molecule has 2 atom stereocenters. The average Bonchev–Trinajstić information content (AvgIpc) is 3.13. The van der Waals surface area contributed by atoms with Gasteiger partial charge in [-0.15, -0.1) is 0 Å². The number of benzene rings is 6. The summed E-state index contributed by atoms with van der Waals surface area (Å²) >= 11 is 4.51. The van der Waals surface area contributed by atoms with Gasteiger partial charge in [0, 0.05) is 0 Å². The van der Waals surface area contributed by atoms with Crippen LogP contribution in [0.3, 0.4) is 0 Å². The molecule has 3 heteroatoms. The van der Waals surface area contributed by atoms with Crippen molar-refractivity contribution in [3.63, 3.8) is 0 Å². The molecule has 0 fully saturated rings. The topological polar surface area (TPSA) is 0 Å². The van der Waals surface area contributed by atoms with E-state index in [1.54, 1.807) is 0 Å². The van der Waals surface area contributed by atoms with Gasteiger partial charge in [-0.25, -0.2) is 0 Å². The summed E-state index contributed by atoms with van der Waals surface area (Å²) in [5.41, 5.74) is 0. The Labute approximate surface area is 289 Å². The van der Waals surface area contributed by atoms with Crippen LogP contribution in [-0.2, 0) is 0 Å². The fraction of sp³-hybridized carbons (Fsp3) is 0.0909. The highest BCUT2D eigenvalue weighted by molar-refractivity contribution is 9.10. The molecule has 230 valence electrons. The van der Waals surface area contributed by atoms with Crippen LogP contribution in [0.1, 0.15) is 13.8 Å². The van der Waals surface area contributed by atoms with Crippen molar-refractivity contribution in [2.45, 2.75) is 23.3 Å². The molecule has 0 bridgehead atoms. The Bertz CT molecular complexity index is 1800. The van der Waals surface area contributed by atoms with Gasteiger partial charge in [-0.1, -0.05) is 125 Å². The summed E-state index contributed by atoms with van der Waals surface area (Å²) in [5, 5.41) is 9.24. The second-order valence-corrected chi connectivity index (χ2v) is 21.4. The Kier molecular flexibility index (Phi) is 8.76. The summed E-state index contributed by atoms with van der Waals surface area (Å²) in [4.78, 5) is 0. The van der Waals surface area contributed by atoms with Gasteiger partial charge in [-0.2, -0.15) is 0 Å². The molecule has 0 saturated carbocycles. The van der Waals surface area contributed by atoms with E-state index in [4.69, 9.17) is 0 Å². The molecule has 1 aliphatic rings. The van der Waals surface area contributed by atoms with Gasteiger partial charge in [0.1, 0.15) is 56.8 Å². The van der Waals surface area contributed by atoms with Gasteiger partial charge in [0.25, 0.3) is 0 Å². The predicted molar refractivity (Wildman–Crippen MR) is 213 cm³/mol. The second kappa shape index (κ2) is 13.0. The van der Waals surface area contributed by atoms with Gasteiger partial charge in [0.05, 0.1) is 4.32 Å². The summed E-state index contributed by atoms with van der Waals surface area (Å²) in [5.74, 6) is 0. The molecule has 0 amide bonds. The van der Waals surface area contributed by atoms with Crippen molar-refractivity contribution in [3.05, 3.63) is 206 Å². The summed E-state index contributed by atoms with van der Waals surface area (Å²) in [6.45, 7) is 4.88. The van der Waals surface area contributed by atoms with E-state index < -0.39 is 18.8 Å². The Balaban J connectivity index is 1.55. The lowest BCUT2D eigenvalue weighted by atomic mass is 9.90. The number of hydrogen-bond donors (Lipinski definition) is 0. The SMILES string of the molecule is CC1(Br)C=C([P+](c2ccccc2)(c2ccccc2)c2ccccc2)C=CC1(C)[P+](c1ccccc1)(c1ccccc1)c1ccccc1. The molecule has 2 unspecified atom stereocenters. The number of hydrogen-bond acceptors (Lipinski definition) is 0. The van der Waals surface area contributed by atoms with Gasteiger partial charge in [-0.05, 0) is 105 Å².